The molecule has 2 aromatic carbocycles. The van der Waals surface area contributed by atoms with Gasteiger partial charge in [0, 0.05) is 50.4 Å². The van der Waals surface area contributed by atoms with Crippen LogP contribution in [0.25, 0.3) is 11.4 Å². The molecule has 29 heavy (non-hydrogen) atoms. The minimum atomic E-state index is -0.217. The van der Waals surface area contributed by atoms with E-state index >= 15 is 0 Å². The van der Waals surface area contributed by atoms with Crippen molar-refractivity contribution in [2.75, 3.05) is 26.2 Å². The molecule has 0 unspecified atom stereocenters. The number of aryl methyl sites for hydroxylation is 1. The van der Waals surface area contributed by atoms with Crippen LogP contribution in [-0.2, 0) is 13.1 Å². The molecule has 7 nitrogen and oxygen atoms in total. The van der Waals surface area contributed by atoms with E-state index in [4.69, 9.17) is 0 Å². The molecule has 150 valence electrons. The second-order valence-corrected chi connectivity index (χ2v) is 7.10. The van der Waals surface area contributed by atoms with E-state index in [1.165, 1.54) is 6.07 Å². The number of aromatic nitrogens is 4. The molecule has 2 heterocycles. The van der Waals surface area contributed by atoms with E-state index in [9.17, 15) is 9.18 Å². The second kappa shape index (κ2) is 8.48. The average Bonchev–Trinajstić information content (AvgIpc) is 3.23. The average molecular weight is 394 g/mol. The van der Waals surface area contributed by atoms with Gasteiger partial charge in [-0.25, -0.2) is 9.07 Å². The first-order valence-corrected chi connectivity index (χ1v) is 9.76. The van der Waals surface area contributed by atoms with Crippen LogP contribution in [0.3, 0.4) is 0 Å². The van der Waals surface area contributed by atoms with Crippen molar-refractivity contribution in [3.63, 3.8) is 0 Å². The molecule has 0 radical (unpaired) electrons. The fourth-order valence-electron chi connectivity index (χ4n) is 3.60. The Labute approximate surface area is 168 Å². The quantitative estimate of drug-likeness (QED) is 0.665. The van der Waals surface area contributed by atoms with Crippen LogP contribution in [0.4, 0.5) is 4.39 Å². The molecule has 1 aliphatic heterocycles. The van der Waals surface area contributed by atoms with Crippen LogP contribution in [-0.4, -0.2) is 62.1 Å². The van der Waals surface area contributed by atoms with Crippen molar-refractivity contribution in [2.45, 2.75) is 20.0 Å². The first-order valence-electron chi connectivity index (χ1n) is 9.76. The summed E-state index contributed by atoms with van der Waals surface area (Å²) < 4.78 is 15.1. The van der Waals surface area contributed by atoms with E-state index in [2.05, 4.69) is 20.4 Å². The Morgan fingerprint density at radius 3 is 2.62 bits per heavy atom. The Balaban J connectivity index is 1.40. The summed E-state index contributed by atoms with van der Waals surface area (Å²) in [5.74, 6) is 0.445. The Morgan fingerprint density at radius 1 is 1.07 bits per heavy atom. The van der Waals surface area contributed by atoms with Gasteiger partial charge in [-0.3, -0.25) is 9.69 Å². The molecule has 0 aliphatic carbocycles. The summed E-state index contributed by atoms with van der Waals surface area (Å²) in [6, 6.07) is 14.1. The fraction of sp³-hybridized carbons (Fsp3) is 0.333. The highest BCUT2D eigenvalue weighted by Gasteiger charge is 2.23. The number of carbonyl (C=O) groups excluding carboxylic acids is 1. The third kappa shape index (κ3) is 4.32. The summed E-state index contributed by atoms with van der Waals surface area (Å²) >= 11 is 0. The highest BCUT2D eigenvalue weighted by molar-refractivity contribution is 5.95. The number of nitrogens with zero attached hydrogens (tertiary/aromatic N) is 6. The predicted molar refractivity (Wildman–Crippen MR) is 107 cm³/mol. The van der Waals surface area contributed by atoms with Crippen LogP contribution in [0.5, 0.6) is 0 Å². The highest BCUT2D eigenvalue weighted by Crippen LogP contribution is 2.19. The van der Waals surface area contributed by atoms with Crippen molar-refractivity contribution in [1.29, 1.82) is 0 Å². The largest absolute Gasteiger partial charge is 0.336 e. The Kier molecular flexibility index (Phi) is 5.62. The van der Waals surface area contributed by atoms with Gasteiger partial charge in [-0.05, 0) is 47.2 Å². The van der Waals surface area contributed by atoms with E-state index in [-0.39, 0.29) is 11.7 Å². The molecule has 0 bridgehead atoms. The lowest BCUT2D eigenvalue weighted by molar-refractivity contribution is 0.0628. The predicted octanol–water partition coefficient (Wildman–Crippen LogP) is 2.46. The standard InChI is InChI=1S/C21H23FN6O/c1-2-28-20(23-24-25-28)17-6-4-7-18(14-17)21(29)27-11-9-26(10-12-27)15-16-5-3-8-19(22)13-16/h3-8,13-14H,2,9-12,15H2,1H3. The minimum absolute atomic E-state index is 0.00720. The van der Waals surface area contributed by atoms with Gasteiger partial charge >= 0.3 is 0 Å². The minimum Gasteiger partial charge on any atom is -0.336 e. The first kappa shape index (κ1) is 19.2. The molecular formula is C21H23FN6O. The number of carbonyl (C=O) groups is 1. The summed E-state index contributed by atoms with van der Waals surface area (Å²) in [6.07, 6.45) is 0. The lowest BCUT2D eigenvalue weighted by atomic mass is 10.1. The zero-order chi connectivity index (χ0) is 20.2. The third-order valence-corrected chi connectivity index (χ3v) is 5.15. The monoisotopic (exact) mass is 394 g/mol. The summed E-state index contributed by atoms with van der Waals surface area (Å²) in [7, 11) is 0. The van der Waals surface area contributed by atoms with E-state index in [0.717, 1.165) is 24.2 Å². The normalized spacial score (nSPS) is 14.9. The molecule has 3 aromatic rings. The van der Waals surface area contributed by atoms with Crippen LogP contribution in [0.2, 0.25) is 0 Å². The van der Waals surface area contributed by atoms with Gasteiger partial charge in [0.05, 0.1) is 0 Å². The van der Waals surface area contributed by atoms with Crippen molar-refractivity contribution < 1.29 is 9.18 Å². The number of tetrazole rings is 1. The third-order valence-electron chi connectivity index (χ3n) is 5.15. The van der Waals surface area contributed by atoms with Crippen LogP contribution in [0.15, 0.2) is 48.5 Å². The number of hydrogen-bond donors (Lipinski definition) is 0. The fourth-order valence-corrected chi connectivity index (χ4v) is 3.60. The SMILES string of the molecule is CCn1nnnc1-c1cccc(C(=O)N2CCN(Cc3cccc(F)c3)CC2)c1. The van der Waals surface area contributed by atoms with Gasteiger partial charge in [0.15, 0.2) is 5.82 Å². The van der Waals surface area contributed by atoms with Crippen molar-refractivity contribution in [3.05, 3.63) is 65.5 Å². The van der Waals surface area contributed by atoms with Crippen molar-refractivity contribution in [2.24, 2.45) is 0 Å². The van der Waals surface area contributed by atoms with Gasteiger partial charge < -0.3 is 4.90 Å². The summed E-state index contributed by atoms with van der Waals surface area (Å²) in [4.78, 5) is 17.1. The molecule has 1 saturated heterocycles. The first-order chi connectivity index (χ1) is 14.1. The Hall–Kier alpha value is -3.13. The van der Waals surface area contributed by atoms with E-state index in [1.54, 1.807) is 16.8 Å². The lowest BCUT2D eigenvalue weighted by Gasteiger charge is -2.34. The molecule has 0 saturated carbocycles. The summed E-state index contributed by atoms with van der Waals surface area (Å²) in [6.45, 7) is 6.13. The molecule has 1 amide bonds. The van der Waals surface area contributed by atoms with Crippen molar-refractivity contribution in [3.8, 4) is 11.4 Å². The van der Waals surface area contributed by atoms with Crippen LogP contribution >= 0.6 is 0 Å². The molecule has 1 aliphatic rings. The summed E-state index contributed by atoms with van der Waals surface area (Å²) in [5.41, 5.74) is 2.41. The van der Waals surface area contributed by atoms with Crippen molar-refractivity contribution in [1.82, 2.24) is 30.0 Å². The van der Waals surface area contributed by atoms with Gasteiger partial charge in [-0.2, -0.15) is 0 Å². The van der Waals surface area contributed by atoms with Crippen LogP contribution < -0.4 is 0 Å². The molecule has 1 fully saturated rings. The highest BCUT2D eigenvalue weighted by atomic mass is 19.1. The van der Waals surface area contributed by atoms with Gasteiger partial charge in [0.1, 0.15) is 5.82 Å². The van der Waals surface area contributed by atoms with Gasteiger partial charge in [0.2, 0.25) is 0 Å². The van der Waals surface area contributed by atoms with Gasteiger partial charge in [0.25, 0.3) is 5.91 Å². The smallest absolute Gasteiger partial charge is 0.253 e. The van der Waals surface area contributed by atoms with Gasteiger partial charge in [-0.1, -0.05) is 24.3 Å². The Bertz CT molecular complexity index is 996. The molecule has 1 aromatic heterocycles. The van der Waals surface area contributed by atoms with Gasteiger partial charge in [-0.15, -0.1) is 5.10 Å². The number of piperazine rings is 1. The second-order valence-electron chi connectivity index (χ2n) is 7.10. The molecule has 4 rings (SSSR count). The zero-order valence-electron chi connectivity index (χ0n) is 16.3. The van der Waals surface area contributed by atoms with E-state index in [1.807, 2.05) is 42.2 Å². The number of rotatable bonds is 5. The van der Waals surface area contributed by atoms with Crippen LogP contribution in [0.1, 0.15) is 22.8 Å². The molecule has 0 atom stereocenters. The lowest BCUT2D eigenvalue weighted by Crippen LogP contribution is -2.48. The zero-order valence-corrected chi connectivity index (χ0v) is 16.3. The van der Waals surface area contributed by atoms with Crippen molar-refractivity contribution >= 4 is 5.91 Å². The molecule has 0 spiro atoms. The maximum absolute atomic E-state index is 13.4. The number of hydrogen-bond acceptors (Lipinski definition) is 5. The topological polar surface area (TPSA) is 67.2 Å². The van der Waals surface area contributed by atoms with Crippen LogP contribution in [0, 0.1) is 5.82 Å². The molecule has 8 heteroatoms. The number of halogens is 1. The van der Waals surface area contributed by atoms with E-state index in [0.29, 0.717) is 37.6 Å². The summed E-state index contributed by atoms with van der Waals surface area (Å²) in [5, 5.41) is 11.7. The Morgan fingerprint density at radius 2 is 1.86 bits per heavy atom. The number of benzene rings is 2. The molecular weight excluding hydrogens is 371 g/mol. The number of amides is 1. The maximum Gasteiger partial charge on any atom is 0.253 e. The maximum atomic E-state index is 13.4. The van der Waals surface area contributed by atoms with E-state index < -0.39 is 0 Å². The molecule has 0 N–H and O–H groups in total.